The standard InChI is InChI=1S/C25H39N3O4/c1-16(2)20(13-18-9-10-23(31-6)19(12-18)8-7-11-30-5)14-22(27-28-26)24-15-21(17(3)4)25(29)32-24/h9-10,12,16-17,20-22,24H,7-8,11,13-15H2,1-6H3/t20-,21-,22-,24-/m0/s1. The molecule has 7 nitrogen and oxygen atoms in total. The van der Waals surface area contributed by atoms with Gasteiger partial charge in [0.15, 0.2) is 0 Å². The zero-order valence-corrected chi connectivity index (χ0v) is 20.4. The van der Waals surface area contributed by atoms with Gasteiger partial charge in [0.25, 0.3) is 0 Å². The van der Waals surface area contributed by atoms with Crippen molar-refractivity contribution in [3.8, 4) is 5.75 Å². The van der Waals surface area contributed by atoms with Crippen molar-refractivity contribution in [1.82, 2.24) is 0 Å². The zero-order chi connectivity index (χ0) is 23.7. The summed E-state index contributed by atoms with van der Waals surface area (Å²) in [5.41, 5.74) is 11.6. The van der Waals surface area contributed by atoms with E-state index in [-0.39, 0.29) is 30.0 Å². The van der Waals surface area contributed by atoms with E-state index in [4.69, 9.17) is 19.7 Å². The fourth-order valence-electron chi connectivity index (χ4n) is 4.52. The van der Waals surface area contributed by atoms with Crippen molar-refractivity contribution in [2.24, 2.45) is 28.8 Å². The van der Waals surface area contributed by atoms with Gasteiger partial charge in [0, 0.05) is 18.6 Å². The number of benzene rings is 1. The van der Waals surface area contributed by atoms with Crippen LogP contribution in [0.5, 0.6) is 5.75 Å². The first kappa shape index (κ1) is 26.0. The number of hydrogen-bond donors (Lipinski definition) is 0. The molecule has 2 rings (SSSR count). The second-order valence-electron chi connectivity index (χ2n) is 9.52. The van der Waals surface area contributed by atoms with E-state index < -0.39 is 0 Å². The van der Waals surface area contributed by atoms with Gasteiger partial charge in [-0.3, -0.25) is 4.79 Å². The predicted molar refractivity (Wildman–Crippen MR) is 126 cm³/mol. The van der Waals surface area contributed by atoms with Gasteiger partial charge in [0.2, 0.25) is 0 Å². The van der Waals surface area contributed by atoms with Gasteiger partial charge in [-0.1, -0.05) is 44.9 Å². The van der Waals surface area contributed by atoms with Gasteiger partial charge in [0.05, 0.1) is 19.1 Å². The predicted octanol–water partition coefficient (Wildman–Crippen LogP) is 5.75. The number of hydrogen-bond acceptors (Lipinski definition) is 5. The molecular weight excluding hydrogens is 406 g/mol. The van der Waals surface area contributed by atoms with Gasteiger partial charge in [-0.15, -0.1) is 0 Å². The molecule has 1 fully saturated rings. The summed E-state index contributed by atoms with van der Waals surface area (Å²) in [6, 6.07) is 6.02. The maximum absolute atomic E-state index is 12.3. The summed E-state index contributed by atoms with van der Waals surface area (Å²) in [4.78, 5) is 15.4. The molecule has 1 aromatic rings. The van der Waals surface area contributed by atoms with Crippen molar-refractivity contribution in [3.05, 3.63) is 39.8 Å². The summed E-state index contributed by atoms with van der Waals surface area (Å²) < 4.78 is 16.4. The third-order valence-corrected chi connectivity index (χ3v) is 6.61. The van der Waals surface area contributed by atoms with Crippen molar-refractivity contribution in [3.63, 3.8) is 0 Å². The first-order valence-corrected chi connectivity index (χ1v) is 11.7. The second-order valence-corrected chi connectivity index (χ2v) is 9.52. The van der Waals surface area contributed by atoms with Crippen LogP contribution in [0.3, 0.4) is 0 Å². The van der Waals surface area contributed by atoms with Gasteiger partial charge < -0.3 is 14.2 Å². The lowest BCUT2D eigenvalue weighted by atomic mass is 9.81. The van der Waals surface area contributed by atoms with Crippen LogP contribution in [0, 0.1) is 23.7 Å². The van der Waals surface area contributed by atoms with Crippen LogP contribution in [0.1, 0.15) is 58.1 Å². The lowest BCUT2D eigenvalue weighted by molar-refractivity contribution is -0.145. The SMILES string of the molecule is COCCCc1cc(C[C@@H](C[C@H](N=[N+]=[N-])[C@@H]2C[C@@H](C(C)C)C(=O)O2)C(C)C)ccc1OC. The van der Waals surface area contributed by atoms with E-state index >= 15 is 0 Å². The minimum Gasteiger partial charge on any atom is -0.496 e. The van der Waals surface area contributed by atoms with Crippen LogP contribution in [-0.2, 0) is 27.1 Å². The van der Waals surface area contributed by atoms with Crippen LogP contribution < -0.4 is 4.74 Å². The van der Waals surface area contributed by atoms with E-state index in [9.17, 15) is 4.79 Å². The van der Waals surface area contributed by atoms with Gasteiger partial charge in [-0.2, -0.15) is 0 Å². The molecule has 32 heavy (non-hydrogen) atoms. The van der Waals surface area contributed by atoms with E-state index in [0.29, 0.717) is 31.3 Å². The van der Waals surface area contributed by atoms with Crippen molar-refractivity contribution in [2.45, 2.75) is 71.9 Å². The lowest BCUT2D eigenvalue weighted by Gasteiger charge is -2.27. The Morgan fingerprint density at radius 3 is 2.56 bits per heavy atom. The van der Waals surface area contributed by atoms with E-state index in [2.05, 4.69) is 36.0 Å². The topological polar surface area (TPSA) is 93.5 Å². The molecule has 1 aliphatic heterocycles. The van der Waals surface area contributed by atoms with Crippen molar-refractivity contribution < 1.29 is 19.0 Å². The maximum Gasteiger partial charge on any atom is 0.309 e. The molecule has 1 saturated heterocycles. The van der Waals surface area contributed by atoms with Gasteiger partial charge >= 0.3 is 5.97 Å². The number of carbonyl (C=O) groups is 1. The molecule has 0 spiro atoms. The first-order valence-electron chi connectivity index (χ1n) is 11.7. The quantitative estimate of drug-likeness (QED) is 0.127. The fourth-order valence-corrected chi connectivity index (χ4v) is 4.52. The van der Waals surface area contributed by atoms with Gasteiger partial charge in [-0.25, -0.2) is 0 Å². The molecule has 7 heteroatoms. The number of aryl methyl sites for hydroxylation is 1. The fraction of sp³-hybridized carbons (Fsp3) is 0.720. The zero-order valence-electron chi connectivity index (χ0n) is 20.4. The van der Waals surface area contributed by atoms with Gasteiger partial charge in [-0.05, 0) is 72.6 Å². The Labute approximate surface area is 192 Å². The highest BCUT2D eigenvalue weighted by Gasteiger charge is 2.40. The molecule has 0 bridgehead atoms. The summed E-state index contributed by atoms with van der Waals surface area (Å²) in [6.45, 7) is 9.16. The summed E-state index contributed by atoms with van der Waals surface area (Å²) in [6.07, 6.45) is 3.67. The molecule has 178 valence electrons. The Kier molecular flexibility index (Phi) is 10.3. The highest BCUT2D eigenvalue weighted by Crippen LogP contribution is 2.34. The summed E-state index contributed by atoms with van der Waals surface area (Å²) >= 11 is 0. The molecule has 4 atom stereocenters. The minimum atomic E-state index is -0.348. The Hall–Kier alpha value is -2.24. The number of ether oxygens (including phenoxy) is 3. The lowest BCUT2D eigenvalue weighted by Crippen LogP contribution is -2.29. The third kappa shape index (κ3) is 7.14. The number of methoxy groups -OCH3 is 2. The van der Waals surface area contributed by atoms with Crippen LogP contribution in [0.2, 0.25) is 0 Å². The van der Waals surface area contributed by atoms with Crippen molar-refractivity contribution >= 4 is 5.97 Å². The minimum absolute atomic E-state index is 0.120. The number of carbonyl (C=O) groups excluding carboxylic acids is 1. The van der Waals surface area contributed by atoms with Crippen LogP contribution in [0.15, 0.2) is 23.3 Å². The third-order valence-electron chi connectivity index (χ3n) is 6.61. The van der Waals surface area contributed by atoms with Crippen molar-refractivity contribution in [2.75, 3.05) is 20.8 Å². The molecular formula is C25H39N3O4. The molecule has 0 aromatic heterocycles. The van der Waals surface area contributed by atoms with E-state index in [1.54, 1.807) is 14.2 Å². The Bertz CT molecular complexity index is 789. The van der Waals surface area contributed by atoms with Crippen LogP contribution >= 0.6 is 0 Å². The second kappa shape index (κ2) is 12.7. The van der Waals surface area contributed by atoms with Crippen LogP contribution in [0.25, 0.3) is 10.4 Å². The summed E-state index contributed by atoms with van der Waals surface area (Å²) in [5, 5.41) is 4.06. The average Bonchev–Trinajstić information content (AvgIpc) is 3.15. The number of nitrogens with zero attached hydrogens (tertiary/aromatic N) is 3. The number of rotatable bonds is 13. The number of esters is 1. The normalized spacial score (nSPS) is 20.2. The smallest absolute Gasteiger partial charge is 0.309 e. The first-order chi connectivity index (χ1) is 15.3. The Morgan fingerprint density at radius 1 is 1.25 bits per heavy atom. The Balaban J connectivity index is 2.16. The maximum atomic E-state index is 12.3. The Morgan fingerprint density at radius 2 is 2.00 bits per heavy atom. The highest BCUT2D eigenvalue weighted by molar-refractivity contribution is 5.75. The van der Waals surface area contributed by atoms with E-state index in [0.717, 1.165) is 25.0 Å². The van der Waals surface area contributed by atoms with Crippen molar-refractivity contribution in [1.29, 1.82) is 0 Å². The number of azide groups is 1. The molecule has 0 N–H and O–H groups in total. The largest absolute Gasteiger partial charge is 0.496 e. The molecule has 0 radical (unpaired) electrons. The molecule has 1 heterocycles. The summed E-state index contributed by atoms with van der Waals surface area (Å²) in [5.74, 6) is 1.52. The van der Waals surface area contributed by atoms with E-state index in [1.807, 2.05) is 19.9 Å². The molecule has 0 unspecified atom stereocenters. The highest BCUT2D eigenvalue weighted by atomic mass is 16.6. The molecule has 1 aromatic carbocycles. The molecule has 0 aliphatic carbocycles. The average molecular weight is 446 g/mol. The molecule has 0 amide bonds. The summed E-state index contributed by atoms with van der Waals surface area (Å²) in [7, 11) is 3.41. The van der Waals surface area contributed by atoms with Gasteiger partial charge in [0.1, 0.15) is 11.9 Å². The molecule has 0 saturated carbocycles. The van der Waals surface area contributed by atoms with E-state index in [1.165, 1.54) is 11.1 Å². The number of cyclic esters (lactones) is 1. The van der Waals surface area contributed by atoms with Crippen LogP contribution in [-0.4, -0.2) is 38.9 Å². The van der Waals surface area contributed by atoms with Crippen LogP contribution in [0.4, 0.5) is 0 Å². The molecule has 1 aliphatic rings. The monoisotopic (exact) mass is 445 g/mol.